The molecule has 1 amide bonds. The molecule has 1 aliphatic heterocycles. The van der Waals surface area contributed by atoms with Crippen LogP contribution in [0.1, 0.15) is 44.6 Å². The van der Waals surface area contributed by atoms with E-state index in [1.165, 1.54) is 0 Å². The van der Waals surface area contributed by atoms with Crippen molar-refractivity contribution in [1.82, 2.24) is 4.72 Å². The van der Waals surface area contributed by atoms with E-state index in [4.69, 9.17) is 0 Å². The molecule has 0 atom stereocenters. The second-order valence-electron chi connectivity index (χ2n) is 5.33. The number of benzene rings is 1. The summed E-state index contributed by atoms with van der Waals surface area (Å²) in [5.41, 5.74) is 1.59. The van der Waals surface area contributed by atoms with E-state index in [0.717, 1.165) is 31.2 Å². The minimum absolute atomic E-state index is 0.0212. The molecule has 2 N–H and O–H groups in total. The van der Waals surface area contributed by atoms with Gasteiger partial charge in [-0.1, -0.05) is 26.2 Å². The average molecular weight is 310 g/mol. The number of nitrogens with one attached hydrogen (secondary N) is 2. The number of anilines is 1. The molecule has 0 bridgehead atoms. The number of unbranched alkanes of at least 4 members (excludes halogenated alkanes) is 3. The molecule has 1 heterocycles. The molecule has 0 aliphatic carbocycles. The third-order valence-corrected chi connectivity index (χ3v) is 5.06. The van der Waals surface area contributed by atoms with Gasteiger partial charge in [-0.25, -0.2) is 13.1 Å². The van der Waals surface area contributed by atoms with Crippen molar-refractivity contribution in [1.29, 1.82) is 0 Å². The topological polar surface area (TPSA) is 75.3 Å². The number of carbonyl (C=O) groups excluding carboxylic acids is 1. The average Bonchev–Trinajstić information content (AvgIpc) is 2.46. The van der Waals surface area contributed by atoms with E-state index < -0.39 is 10.0 Å². The molecule has 0 aromatic heterocycles. The van der Waals surface area contributed by atoms with Crippen LogP contribution in [-0.2, 0) is 21.2 Å². The normalized spacial score (nSPS) is 14.6. The highest BCUT2D eigenvalue weighted by Gasteiger charge is 2.19. The summed E-state index contributed by atoms with van der Waals surface area (Å²) in [4.78, 5) is 11.6. The van der Waals surface area contributed by atoms with Crippen LogP contribution in [0.25, 0.3) is 0 Å². The van der Waals surface area contributed by atoms with Crippen LogP contribution in [0.5, 0.6) is 0 Å². The SMILES string of the molecule is CCCCCCNS(=O)(=O)c1ccc2c(c1)CCC(=O)N2. The molecule has 1 aromatic rings. The molecule has 0 saturated carbocycles. The Morgan fingerprint density at radius 3 is 2.76 bits per heavy atom. The van der Waals surface area contributed by atoms with Crippen LogP contribution >= 0.6 is 0 Å². The molecular weight excluding hydrogens is 288 g/mol. The first-order chi connectivity index (χ1) is 10.0. The largest absolute Gasteiger partial charge is 0.326 e. The van der Waals surface area contributed by atoms with E-state index in [1.807, 2.05) is 0 Å². The molecule has 0 fully saturated rings. The van der Waals surface area contributed by atoms with Crippen LogP contribution in [0.15, 0.2) is 23.1 Å². The number of hydrogen-bond donors (Lipinski definition) is 2. The van der Waals surface area contributed by atoms with Crippen LogP contribution in [0, 0.1) is 0 Å². The van der Waals surface area contributed by atoms with Gasteiger partial charge in [-0.3, -0.25) is 4.79 Å². The summed E-state index contributed by atoms with van der Waals surface area (Å²) in [6.07, 6.45) is 5.13. The molecular formula is C15H22N2O3S. The van der Waals surface area contributed by atoms with Gasteiger partial charge in [-0.2, -0.15) is 0 Å². The smallest absolute Gasteiger partial charge is 0.240 e. The Kier molecular flexibility index (Phi) is 5.36. The lowest BCUT2D eigenvalue weighted by Crippen LogP contribution is -2.25. The summed E-state index contributed by atoms with van der Waals surface area (Å²) in [6, 6.07) is 4.86. The number of hydrogen-bond acceptors (Lipinski definition) is 3. The van der Waals surface area contributed by atoms with Crippen molar-refractivity contribution in [3.05, 3.63) is 23.8 Å². The maximum Gasteiger partial charge on any atom is 0.240 e. The predicted octanol–water partition coefficient (Wildman–Crippen LogP) is 2.43. The first-order valence-electron chi connectivity index (χ1n) is 7.45. The summed E-state index contributed by atoms with van der Waals surface area (Å²) in [5.74, 6) is -0.0212. The standard InChI is InChI=1S/C15H22N2O3S/c1-2-3-4-5-10-16-21(19,20)13-7-8-14-12(11-13)6-9-15(18)17-14/h7-8,11,16H,2-6,9-10H2,1H3,(H,17,18). The molecule has 0 unspecified atom stereocenters. The second-order valence-corrected chi connectivity index (χ2v) is 7.09. The van der Waals surface area contributed by atoms with Crippen LogP contribution in [0.4, 0.5) is 5.69 Å². The molecule has 21 heavy (non-hydrogen) atoms. The monoisotopic (exact) mass is 310 g/mol. The Balaban J connectivity index is 2.02. The fourth-order valence-electron chi connectivity index (χ4n) is 2.37. The summed E-state index contributed by atoms with van der Waals surface area (Å²) in [5, 5.41) is 2.75. The van der Waals surface area contributed by atoms with E-state index in [9.17, 15) is 13.2 Å². The lowest BCUT2D eigenvalue weighted by Gasteiger charge is -2.17. The fraction of sp³-hybridized carbons (Fsp3) is 0.533. The van der Waals surface area contributed by atoms with Crippen LogP contribution in [0.2, 0.25) is 0 Å². The van der Waals surface area contributed by atoms with Gasteiger partial charge in [0.05, 0.1) is 4.90 Å². The molecule has 6 heteroatoms. The zero-order valence-electron chi connectivity index (χ0n) is 12.3. The van der Waals surface area contributed by atoms with Gasteiger partial charge in [0.1, 0.15) is 0 Å². The zero-order chi connectivity index (χ0) is 15.3. The van der Waals surface area contributed by atoms with E-state index in [0.29, 0.717) is 25.1 Å². The second kappa shape index (κ2) is 7.04. The van der Waals surface area contributed by atoms with Gasteiger partial charge < -0.3 is 5.32 Å². The zero-order valence-corrected chi connectivity index (χ0v) is 13.1. The Hall–Kier alpha value is -1.40. The molecule has 0 saturated heterocycles. The Morgan fingerprint density at radius 1 is 1.19 bits per heavy atom. The molecule has 5 nitrogen and oxygen atoms in total. The number of sulfonamides is 1. The van der Waals surface area contributed by atoms with E-state index in [2.05, 4.69) is 17.0 Å². The van der Waals surface area contributed by atoms with E-state index >= 15 is 0 Å². The third-order valence-electron chi connectivity index (χ3n) is 3.60. The van der Waals surface area contributed by atoms with Crippen molar-refractivity contribution in [3.63, 3.8) is 0 Å². The molecule has 2 rings (SSSR count). The summed E-state index contributed by atoms with van der Waals surface area (Å²) >= 11 is 0. The molecule has 0 radical (unpaired) electrons. The molecule has 1 aliphatic rings. The van der Waals surface area contributed by atoms with Crippen molar-refractivity contribution >= 4 is 21.6 Å². The van der Waals surface area contributed by atoms with Crippen LogP contribution in [-0.4, -0.2) is 20.9 Å². The van der Waals surface area contributed by atoms with Gasteiger partial charge in [-0.15, -0.1) is 0 Å². The van der Waals surface area contributed by atoms with Gasteiger partial charge in [0.2, 0.25) is 15.9 Å². The predicted molar refractivity (Wildman–Crippen MR) is 82.7 cm³/mol. The van der Waals surface area contributed by atoms with Gasteiger partial charge >= 0.3 is 0 Å². The van der Waals surface area contributed by atoms with Crippen molar-refractivity contribution in [2.24, 2.45) is 0 Å². The number of fused-ring (bicyclic) bond motifs is 1. The number of aryl methyl sites for hydroxylation is 1. The highest BCUT2D eigenvalue weighted by molar-refractivity contribution is 7.89. The first kappa shape index (κ1) is 16.0. The van der Waals surface area contributed by atoms with Crippen molar-refractivity contribution in [2.75, 3.05) is 11.9 Å². The number of carbonyl (C=O) groups is 1. The minimum atomic E-state index is -3.46. The first-order valence-corrected chi connectivity index (χ1v) is 8.93. The van der Waals surface area contributed by atoms with Crippen LogP contribution in [0.3, 0.4) is 0 Å². The summed E-state index contributed by atoms with van der Waals surface area (Å²) < 4.78 is 27.1. The molecule has 0 spiro atoms. The maximum absolute atomic E-state index is 12.2. The summed E-state index contributed by atoms with van der Waals surface area (Å²) in [7, 11) is -3.46. The Bertz CT molecular complexity index is 611. The third kappa shape index (κ3) is 4.28. The number of amides is 1. The van der Waals surface area contributed by atoms with Gasteiger partial charge in [0, 0.05) is 18.7 Å². The Morgan fingerprint density at radius 2 is 2.00 bits per heavy atom. The van der Waals surface area contributed by atoms with Crippen molar-refractivity contribution in [3.8, 4) is 0 Å². The van der Waals surface area contributed by atoms with Gasteiger partial charge in [0.15, 0.2) is 0 Å². The minimum Gasteiger partial charge on any atom is -0.326 e. The lowest BCUT2D eigenvalue weighted by atomic mass is 10.0. The van der Waals surface area contributed by atoms with Gasteiger partial charge in [-0.05, 0) is 36.6 Å². The molecule has 116 valence electrons. The highest BCUT2D eigenvalue weighted by atomic mass is 32.2. The van der Waals surface area contributed by atoms with Crippen molar-refractivity contribution < 1.29 is 13.2 Å². The fourth-order valence-corrected chi connectivity index (χ4v) is 3.49. The van der Waals surface area contributed by atoms with E-state index in [-0.39, 0.29) is 10.8 Å². The van der Waals surface area contributed by atoms with E-state index in [1.54, 1.807) is 18.2 Å². The lowest BCUT2D eigenvalue weighted by molar-refractivity contribution is -0.116. The maximum atomic E-state index is 12.2. The molecule has 1 aromatic carbocycles. The quantitative estimate of drug-likeness (QED) is 0.760. The Labute approximate surface area is 126 Å². The van der Waals surface area contributed by atoms with Gasteiger partial charge in [0.25, 0.3) is 0 Å². The number of rotatable bonds is 7. The van der Waals surface area contributed by atoms with Crippen LogP contribution < -0.4 is 10.0 Å². The van der Waals surface area contributed by atoms with Crippen molar-refractivity contribution in [2.45, 2.75) is 50.3 Å². The highest BCUT2D eigenvalue weighted by Crippen LogP contribution is 2.25. The summed E-state index contributed by atoms with van der Waals surface area (Å²) in [6.45, 7) is 2.59.